The predicted molar refractivity (Wildman–Crippen MR) is 93.7 cm³/mol. The first-order chi connectivity index (χ1) is 11.2. The summed E-state index contributed by atoms with van der Waals surface area (Å²) in [6.07, 6.45) is 16.2. The number of oxime groups is 1. The molecule has 1 atom stereocenters. The largest absolute Gasteiger partial charge is 0.411 e. The van der Waals surface area contributed by atoms with E-state index >= 15 is 0 Å². The van der Waals surface area contributed by atoms with Crippen LogP contribution in [-0.2, 0) is 4.79 Å². The van der Waals surface area contributed by atoms with E-state index in [0.717, 1.165) is 69.9 Å². The lowest BCUT2D eigenvalue weighted by Gasteiger charge is -2.26. The molecule has 0 spiro atoms. The standard InChI is InChI=1S/C19H32N2O2/c1-15(21-23)16-9-7-11-17(12-8-10-16)19(22)20-18-13-5-3-2-4-6-14-18/h2-3,16-18,23H,4-14H2,1H3,(H,20,22)/b3-2-,21-15+. The Hall–Kier alpha value is -1.32. The van der Waals surface area contributed by atoms with Gasteiger partial charge in [0.15, 0.2) is 0 Å². The molecular formula is C19H32N2O2. The molecule has 0 saturated heterocycles. The van der Waals surface area contributed by atoms with E-state index in [-0.39, 0.29) is 11.8 Å². The van der Waals surface area contributed by atoms with E-state index in [1.165, 1.54) is 6.42 Å². The highest BCUT2D eigenvalue weighted by atomic mass is 16.4. The van der Waals surface area contributed by atoms with Crippen LogP contribution in [-0.4, -0.2) is 22.9 Å². The third kappa shape index (κ3) is 6.00. The lowest BCUT2D eigenvalue weighted by molar-refractivity contribution is -0.126. The van der Waals surface area contributed by atoms with Crippen molar-refractivity contribution >= 4 is 11.6 Å². The molecule has 4 nitrogen and oxygen atoms in total. The zero-order valence-electron chi connectivity index (χ0n) is 14.5. The fourth-order valence-corrected chi connectivity index (χ4v) is 3.89. The maximum absolute atomic E-state index is 12.6. The summed E-state index contributed by atoms with van der Waals surface area (Å²) in [6.45, 7) is 1.90. The predicted octanol–water partition coefficient (Wildman–Crippen LogP) is 4.43. The highest BCUT2D eigenvalue weighted by Crippen LogP contribution is 2.27. The van der Waals surface area contributed by atoms with Crippen LogP contribution in [0.3, 0.4) is 0 Å². The van der Waals surface area contributed by atoms with Gasteiger partial charge in [-0.1, -0.05) is 30.1 Å². The number of nitrogens with zero attached hydrogens (tertiary/aromatic N) is 1. The van der Waals surface area contributed by atoms with Gasteiger partial charge >= 0.3 is 0 Å². The topological polar surface area (TPSA) is 61.7 Å². The summed E-state index contributed by atoms with van der Waals surface area (Å²) >= 11 is 0. The minimum absolute atomic E-state index is 0.170. The summed E-state index contributed by atoms with van der Waals surface area (Å²) < 4.78 is 0. The minimum Gasteiger partial charge on any atom is -0.411 e. The van der Waals surface area contributed by atoms with Crippen molar-refractivity contribution in [2.75, 3.05) is 0 Å². The summed E-state index contributed by atoms with van der Waals surface area (Å²) in [5, 5.41) is 15.6. The van der Waals surface area contributed by atoms with Gasteiger partial charge in [-0.25, -0.2) is 0 Å². The van der Waals surface area contributed by atoms with Crippen LogP contribution in [0.5, 0.6) is 0 Å². The Balaban J connectivity index is 1.80. The van der Waals surface area contributed by atoms with Gasteiger partial charge in [-0.2, -0.15) is 0 Å². The average Bonchev–Trinajstić information content (AvgIpc) is 2.49. The number of carbonyl (C=O) groups excluding carboxylic acids is 1. The number of amides is 1. The molecule has 2 aliphatic carbocycles. The van der Waals surface area contributed by atoms with Crippen LogP contribution in [0.25, 0.3) is 0 Å². The van der Waals surface area contributed by atoms with Crippen molar-refractivity contribution in [1.29, 1.82) is 0 Å². The second kappa shape index (κ2) is 9.74. The van der Waals surface area contributed by atoms with Crippen molar-refractivity contribution in [1.82, 2.24) is 5.32 Å². The van der Waals surface area contributed by atoms with Crippen LogP contribution in [0.15, 0.2) is 17.3 Å². The molecule has 1 amide bonds. The van der Waals surface area contributed by atoms with Crippen molar-refractivity contribution in [3.8, 4) is 0 Å². The van der Waals surface area contributed by atoms with Crippen molar-refractivity contribution in [3.63, 3.8) is 0 Å². The van der Waals surface area contributed by atoms with Crippen LogP contribution >= 0.6 is 0 Å². The Morgan fingerprint density at radius 3 is 2.30 bits per heavy atom. The number of allylic oxidation sites excluding steroid dienone is 2. The minimum atomic E-state index is 0.170. The molecule has 1 fully saturated rings. The highest BCUT2D eigenvalue weighted by molar-refractivity contribution is 5.83. The summed E-state index contributed by atoms with van der Waals surface area (Å²) in [6, 6.07) is 0.356. The molecule has 0 bridgehead atoms. The summed E-state index contributed by atoms with van der Waals surface area (Å²) in [7, 11) is 0. The monoisotopic (exact) mass is 320 g/mol. The Bertz CT molecular complexity index is 421. The molecule has 2 aliphatic rings. The van der Waals surface area contributed by atoms with E-state index in [0.29, 0.717) is 12.0 Å². The van der Waals surface area contributed by atoms with Crippen molar-refractivity contribution in [2.24, 2.45) is 17.0 Å². The molecule has 0 heterocycles. The number of nitrogens with one attached hydrogen (secondary N) is 1. The third-order valence-electron chi connectivity index (χ3n) is 5.45. The van der Waals surface area contributed by atoms with E-state index in [1.54, 1.807) is 0 Å². The highest BCUT2D eigenvalue weighted by Gasteiger charge is 2.25. The fourth-order valence-electron chi connectivity index (χ4n) is 3.89. The molecule has 0 radical (unpaired) electrons. The SMILES string of the molecule is C/C(=N\O)C1CCCC(C(=O)NC2CC/C=C\CCC2)CCC1. The normalized spacial score (nSPS) is 32.0. The van der Waals surface area contributed by atoms with Crippen LogP contribution in [0.2, 0.25) is 0 Å². The Morgan fingerprint density at radius 1 is 0.957 bits per heavy atom. The smallest absolute Gasteiger partial charge is 0.223 e. The van der Waals surface area contributed by atoms with Crippen LogP contribution in [0, 0.1) is 11.8 Å². The number of rotatable bonds is 3. The van der Waals surface area contributed by atoms with Gasteiger partial charge in [0.05, 0.1) is 5.71 Å². The number of hydrogen-bond donors (Lipinski definition) is 2. The zero-order valence-corrected chi connectivity index (χ0v) is 14.5. The number of carbonyl (C=O) groups is 1. The Labute approximate surface area is 140 Å². The van der Waals surface area contributed by atoms with E-state index in [1.807, 2.05) is 6.92 Å². The van der Waals surface area contributed by atoms with E-state index in [4.69, 9.17) is 5.21 Å². The lowest BCUT2D eigenvalue weighted by atomic mass is 9.83. The van der Waals surface area contributed by atoms with Gasteiger partial charge in [0.2, 0.25) is 5.91 Å². The van der Waals surface area contributed by atoms with Gasteiger partial charge in [0.25, 0.3) is 0 Å². The molecule has 23 heavy (non-hydrogen) atoms. The molecule has 0 aliphatic heterocycles. The average molecular weight is 320 g/mol. The molecular weight excluding hydrogens is 288 g/mol. The third-order valence-corrected chi connectivity index (χ3v) is 5.45. The fraction of sp³-hybridized carbons (Fsp3) is 0.789. The molecule has 2 rings (SSSR count). The summed E-state index contributed by atoms with van der Waals surface area (Å²) in [5.74, 6) is 0.829. The first-order valence-corrected chi connectivity index (χ1v) is 9.34. The molecule has 0 aromatic heterocycles. The number of hydrogen-bond acceptors (Lipinski definition) is 3. The lowest BCUT2D eigenvalue weighted by Crippen LogP contribution is -2.39. The summed E-state index contributed by atoms with van der Waals surface area (Å²) in [4.78, 5) is 12.6. The maximum atomic E-state index is 12.6. The second-order valence-electron chi connectivity index (χ2n) is 7.18. The van der Waals surface area contributed by atoms with Gasteiger partial charge in [0, 0.05) is 17.9 Å². The van der Waals surface area contributed by atoms with Gasteiger partial charge < -0.3 is 10.5 Å². The van der Waals surface area contributed by atoms with Gasteiger partial charge in [-0.3, -0.25) is 4.79 Å². The molecule has 4 heteroatoms. The molecule has 1 unspecified atom stereocenters. The van der Waals surface area contributed by atoms with Crippen molar-refractivity contribution in [2.45, 2.75) is 83.6 Å². The Kier molecular flexibility index (Phi) is 7.63. The quantitative estimate of drug-likeness (QED) is 0.350. The molecule has 0 aromatic rings. The molecule has 0 aromatic carbocycles. The van der Waals surface area contributed by atoms with Crippen molar-refractivity contribution in [3.05, 3.63) is 12.2 Å². The van der Waals surface area contributed by atoms with Crippen LogP contribution < -0.4 is 5.32 Å². The molecule has 130 valence electrons. The zero-order chi connectivity index (χ0) is 16.5. The molecule has 2 N–H and O–H groups in total. The summed E-state index contributed by atoms with van der Waals surface area (Å²) in [5.41, 5.74) is 0.843. The first-order valence-electron chi connectivity index (χ1n) is 9.34. The van der Waals surface area contributed by atoms with E-state index < -0.39 is 0 Å². The Morgan fingerprint density at radius 2 is 1.61 bits per heavy atom. The van der Waals surface area contributed by atoms with E-state index in [2.05, 4.69) is 22.6 Å². The van der Waals surface area contributed by atoms with Crippen LogP contribution in [0.4, 0.5) is 0 Å². The van der Waals surface area contributed by atoms with E-state index in [9.17, 15) is 4.79 Å². The molecule has 1 saturated carbocycles. The van der Waals surface area contributed by atoms with Gasteiger partial charge in [0.1, 0.15) is 0 Å². The second-order valence-corrected chi connectivity index (χ2v) is 7.18. The van der Waals surface area contributed by atoms with Crippen molar-refractivity contribution < 1.29 is 10.0 Å². The first kappa shape index (κ1) is 18.0. The van der Waals surface area contributed by atoms with Crippen LogP contribution in [0.1, 0.15) is 77.6 Å². The maximum Gasteiger partial charge on any atom is 0.223 e. The van der Waals surface area contributed by atoms with Gasteiger partial charge in [-0.15, -0.1) is 0 Å². The van der Waals surface area contributed by atoms with Gasteiger partial charge in [-0.05, 0) is 64.7 Å².